The van der Waals surface area contributed by atoms with Crippen LogP contribution in [0.4, 0.5) is 5.69 Å². The second-order valence-electron chi connectivity index (χ2n) is 9.96. The summed E-state index contributed by atoms with van der Waals surface area (Å²) in [6, 6.07) is 18.5. The van der Waals surface area contributed by atoms with Crippen molar-refractivity contribution in [3.05, 3.63) is 93.4 Å². The number of carbonyl (C=O) groups excluding carboxylic acids is 2. The van der Waals surface area contributed by atoms with Gasteiger partial charge in [-0.2, -0.15) is 0 Å². The molecule has 2 amide bonds. The SMILES string of the molecule is CC[C@@H](C(=O)NC1CCCC1)N(Cc1ccc(Cl)c(Cl)c1)C(=O)CN(c1ccccc1Cl)S(=O)(=O)c1ccccc1. The van der Waals surface area contributed by atoms with E-state index < -0.39 is 28.5 Å². The summed E-state index contributed by atoms with van der Waals surface area (Å²) in [5, 5.41) is 3.93. The lowest BCUT2D eigenvalue weighted by molar-refractivity contribution is -0.140. The predicted molar refractivity (Wildman–Crippen MR) is 164 cm³/mol. The fourth-order valence-corrected chi connectivity index (χ4v) is 7.07. The van der Waals surface area contributed by atoms with Crippen LogP contribution < -0.4 is 9.62 Å². The molecule has 0 heterocycles. The second-order valence-corrected chi connectivity index (χ2v) is 13.0. The van der Waals surface area contributed by atoms with E-state index in [0.717, 1.165) is 30.0 Å². The number of rotatable bonds is 11. The van der Waals surface area contributed by atoms with Gasteiger partial charge in [-0.15, -0.1) is 0 Å². The summed E-state index contributed by atoms with van der Waals surface area (Å²) in [5.41, 5.74) is 0.805. The van der Waals surface area contributed by atoms with Gasteiger partial charge >= 0.3 is 0 Å². The Balaban J connectivity index is 1.73. The smallest absolute Gasteiger partial charge is 0.264 e. The quantitative estimate of drug-likeness (QED) is 0.254. The largest absolute Gasteiger partial charge is 0.352 e. The lowest BCUT2D eigenvalue weighted by Crippen LogP contribution is -2.53. The molecule has 4 rings (SSSR count). The fraction of sp³-hybridized carbons (Fsp3) is 0.333. The van der Waals surface area contributed by atoms with Crippen molar-refractivity contribution in [3.63, 3.8) is 0 Å². The Hall–Kier alpha value is -2.78. The van der Waals surface area contributed by atoms with Gasteiger partial charge < -0.3 is 10.2 Å². The van der Waals surface area contributed by atoms with Gasteiger partial charge in [0.2, 0.25) is 11.8 Å². The normalized spacial score (nSPS) is 14.4. The number of benzene rings is 3. The first-order valence-electron chi connectivity index (χ1n) is 13.5. The monoisotopic (exact) mass is 635 g/mol. The average Bonchev–Trinajstić information content (AvgIpc) is 3.47. The van der Waals surface area contributed by atoms with E-state index in [9.17, 15) is 18.0 Å². The Morgan fingerprint density at radius 3 is 2.20 bits per heavy atom. The number of amides is 2. The van der Waals surface area contributed by atoms with Gasteiger partial charge in [0.1, 0.15) is 12.6 Å². The van der Waals surface area contributed by atoms with E-state index in [1.807, 2.05) is 6.92 Å². The van der Waals surface area contributed by atoms with Crippen LogP contribution in [0.3, 0.4) is 0 Å². The first-order valence-corrected chi connectivity index (χ1v) is 16.0. The third-order valence-electron chi connectivity index (χ3n) is 7.16. The summed E-state index contributed by atoms with van der Waals surface area (Å²) in [5.74, 6) is -0.841. The molecule has 1 saturated carbocycles. The minimum Gasteiger partial charge on any atom is -0.352 e. The summed E-state index contributed by atoms with van der Waals surface area (Å²) in [6.07, 6.45) is 4.18. The molecule has 1 aliphatic carbocycles. The van der Waals surface area contributed by atoms with Gasteiger partial charge in [-0.3, -0.25) is 13.9 Å². The van der Waals surface area contributed by atoms with Crippen molar-refractivity contribution in [2.75, 3.05) is 10.8 Å². The van der Waals surface area contributed by atoms with E-state index >= 15 is 0 Å². The molecule has 1 N–H and O–H groups in total. The Kier molecular flexibility index (Phi) is 10.6. The molecule has 0 bridgehead atoms. The number of halogens is 3. The molecule has 0 saturated heterocycles. The molecule has 3 aromatic carbocycles. The Labute approximate surface area is 256 Å². The number of nitrogens with zero attached hydrogens (tertiary/aromatic N) is 2. The van der Waals surface area contributed by atoms with Crippen molar-refractivity contribution in [3.8, 4) is 0 Å². The van der Waals surface area contributed by atoms with Crippen molar-refractivity contribution in [2.24, 2.45) is 0 Å². The lowest BCUT2D eigenvalue weighted by Gasteiger charge is -2.34. The summed E-state index contributed by atoms with van der Waals surface area (Å²) >= 11 is 18.8. The Morgan fingerprint density at radius 2 is 1.56 bits per heavy atom. The van der Waals surface area contributed by atoms with Crippen LogP contribution in [0.25, 0.3) is 0 Å². The summed E-state index contributed by atoms with van der Waals surface area (Å²) < 4.78 is 28.7. The molecular weight excluding hydrogens is 605 g/mol. The maximum absolute atomic E-state index is 14.2. The number of anilines is 1. The molecule has 3 aromatic rings. The third kappa shape index (κ3) is 7.55. The summed E-state index contributed by atoms with van der Waals surface area (Å²) in [4.78, 5) is 29.1. The minimum absolute atomic E-state index is 0.00905. The molecular formula is C30H32Cl3N3O4S. The molecule has 7 nitrogen and oxygen atoms in total. The van der Waals surface area contributed by atoms with Crippen molar-refractivity contribution in [2.45, 2.75) is 62.6 Å². The molecule has 0 unspecified atom stereocenters. The van der Waals surface area contributed by atoms with Gasteiger partial charge in [0.15, 0.2) is 0 Å². The second kappa shape index (κ2) is 13.9. The number of nitrogens with one attached hydrogen (secondary N) is 1. The molecule has 1 fully saturated rings. The standard InChI is InChI=1S/C30H32Cl3N3O4S/c1-2-27(30(38)34-22-10-6-7-11-22)35(19-21-16-17-24(31)26(33)18-21)29(37)20-36(28-15-9-8-14-25(28)32)41(39,40)23-12-4-3-5-13-23/h3-5,8-9,12-18,22,27H,2,6-7,10-11,19-20H2,1H3,(H,34,38)/t27-/m0/s1. The average molecular weight is 637 g/mol. The van der Waals surface area contributed by atoms with Crippen molar-refractivity contribution >= 4 is 62.3 Å². The van der Waals surface area contributed by atoms with Gasteiger partial charge in [0.25, 0.3) is 10.0 Å². The van der Waals surface area contributed by atoms with Crippen LogP contribution in [0.1, 0.15) is 44.6 Å². The van der Waals surface area contributed by atoms with Crippen molar-refractivity contribution in [1.29, 1.82) is 0 Å². The number of carbonyl (C=O) groups is 2. The van der Waals surface area contributed by atoms with Crippen LogP contribution >= 0.6 is 34.8 Å². The van der Waals surface area contributed by atoms with Gasteiger partial charge in [0, 0.05) is 12.6 Å². The minimum atomic E-state index is -4.20. The highest BCUT2D eigenvalue weighted by Crippen LogP contribution is 2.31. The fourth-order valence-electron chi connectivity index (χ4n) is 5.01. The lowest BCUT2D eigenvalue weighted by atomic mass is 10.1. The van der Waals surface area contributed by atoms with Crippen molar-refractivity contribution < 1.29 is 18.0 Å². The summed E-state index contributed by atoms with van der Waals surface area (Å²) in [7, 11) is -4.20. The highest BCUT2D eigenvalue weighted by molar-refractivity contribution is 7.92. The van der Waals surface area contributed by atoms with E-state index in [1.165, 1.54) is 17.0 Å². The third-order valence-corrected chi connectivity index (χ3v) is 9.99. The number of hydrogen-bond donors (Lipinski definition) is 1. The van der Waals surface area contributed by atoms with Crippen LogP contribution in [0.2, 0.25) is 15.1 Å². The van der Waals surface area contributed by atoms with E-state index in [0.29, 0.717) is 22.0 Å². The van der Waals surface area contributed by atoms with Crippen LogP contribution in [0, 0.1) is 0 Å². The van der Waals surface area contributed by atoms with Crippen LogP contribution in [-0.4, -0.2) is 43.8 Å². The molecule has 0 radical (unpaired) electrons. The summed E-state index contributed by atoms with van der Waals surface area (Å²) in [6.45, 7) is 1.27. The Morgan fingerprint density at radius 1 is 0.902 bits per heavy atom. The van der Waals surface area contributed by atoms with Crippen molar-refractivity contribution in [1.82, 2.24) is 10.2 Å². The molecule has 0 aliphatic heterocycles. The van der Waals surface area contributed by atoms with Gasteiger partial charge in [0.05, 0.1) is 25.7 Å². The first kappa shape index (κ1) is 31.2. The number of hydrogen-bond acceptors (Lipinski definition) is 4. The molecule has 0 spiro atoms. The number of sulfonamides is 1. The predicted octanol–water partition coefficient (Wildman–Crippen LogP) is 6.71. The zero-order valence-electron chi connectivity index (χ0n) is 22.6. The van der Waals surface area contributed by atoms with E-state index in [4.69, 9.17) is 34.8 Å². The molecule has 0 aromatic heterocycles. The highest BCUT2D eigenvalue weighted by atomic mass is 35.5. The molecule has 1 aliphatic rings. The van der Waals surface area contributed by atoms with Gasteiger partial charge in [-0.05, 0) is 61.2 Å². The molecule has 11 heteroatoms. The first-order chi connectivity index (χ1) is 19.6. The van der Waals surface area contributed by atoms with Crippen LogP contribution in [0.5, 0.6) is 0 Å². The van der Waals surface area contributed by atoms with Crippen LogP contribution in [-0.2, 0) is 26.2 Å². The molecule has 1 atom stereocenters. The highest BCUT2D eigenvalue weighted by Gasteiger charge is 2.35. The van der Waals surface area contributed by atoms with E-state index in [-0.39, 0.29) is 34.1 Å². The topological polar surface area (TPSA) is 86.8 Å². The maximum atomic E-state index is 14.2. The zero-order chi connectivity index (χ0) is 29.6. The zero-order valence-corrected chi connectivity index (χ0v) is 25.7. The van der Waals surface area contributed by atoms with Gasteiger partial charge in [-0.1, -0.05) is 91.0 Å². The van der Waals surface area contributed by atoms with Crippen LogP contribution in [0.15, 0.2) is 77.7 Å². The van der Waals surface area contributed by atoms with Gasteiger partial charge in [-0.25, -0.2) is 8.42 Å². The van der Waals surface area contributed by atoms with E-state index in [2.05, 4.69) is 5.32 Å². The molecule has 218 valence electrons. The van der Waals surface area contributed by atoms with E-state index in [1.54, 1.807) is 60.7 Å². The maximum Gasteiger partial charge on any atom is 0.264 e. The Bertz CT molecular complexity index is 1480. The number of para-hydroxylation sites is 1. The molecule has 41 heavy (non-hydrogen) atoms.